The molecule has 326 valence electrons. The zero-order valence-electron chi connectivity index (χ0n) is 33.1. The molecule has 0 aliphatic carbocycles. The quantitative estimate of drug-likeness (QED) is 0.0432. The van der Waals surface area contributed by atoms with Crippen LogP contribution in [0.25, 0.3) is 0 Å². The van der Waals surface area contributed by atoms with E-state index in [0.29, 0.717) is 16.8 Å². The summed E-state index contributed by atoms with van der Waals surface area (Å²) in [5.74, 6) is -7.50. The van der Waals surface area contributed by atoms with Crippen molar-refractivity contribution in [2.45, 2.75) is 101 Å². The molecule has 3 aromatic rings. The number of aliphatic hydroxyl groups excluding tert-OH is 4. The van der Waals surface area contributed by atoms with Gasteiger partial charge in [-0.2, -0.15) is 0 Å². The molecule has 14 N–H and O–H groups in total. The van der Waals surface area contributed by atoms with Crippen LogP contribution in [0.1, 0.15) is 37.6 Å². The van der Waals surface area contributed by atoms with Crippen molar-refractivity contribution in [3.63, 3.8) is 0 Å². The Morgan fingerprint density at radius 2 is 1.00 bits per heavy atom. The van der Waals surface area contributed by atoms with E-state index in [2.05, 4.69) is 41.9 Å². The minimum Gasteiger partial charge on any atom is -0.480 e. The van der Waals surface area contributed by atoms with E-state index in [-0.39, 0.29) is 19.3 Å². The van der Waals surface area contributed by atoms with Gasteiger partial charge >= 0.3 is 5.97 Å². The monoisotopic (exact) mass is 839 g/mol. The van der Waals surface area contributed by atoms with Crippen molar-refractivity contribution < 1.29 is 59.1 Å². The van der Waals surface area contributed by atoms with Crippen LogP contribution in [0.2, 0.25) is 0 Å². The van der Waals surface area contributed by atoms with Gasteiger partial charge in [0.05, 0.1) is 31.2 Å². The number of aromatic amines is 1. The average Bonchev–Trinajstić information content (AvgIpc) is 3.73. The van der Waals surface area contributed by atoms with Gasteiger partial charge in [0.2, 0.25) is 35.4 Å². The molecule has 0 radical (unpaired) electrons. The van der Waals surface area contributed by atoms with Crippen LogP contribution in [0.5, 0.6) is 0 Å². The van der Waals surface area contributed by atoms with Crippen LogP contribution in [-0.4, -0.2) is 144 Å². The highest BCUT2D eigenvalue weighted by atomic mass is 16.4. The van der Waals surface area contributed by atoms with Crippen LogP contribution in [-0.2, 0) is 52.8 Å². The lowest BCUT2D eigenvalue weighted by molar-refractivity contribution is -0.145. The van der Waals surface area contributed by atoms with E-state index in [1.165, 1.54) is 19.4 Å². The van der Waals surface area contributed by atoms with E-state index in [1.54, 1.807) is 60.7 Å². The smallest absolute Gasteiger partial charge is 0.328 e. The number of nitrogens with zero attached hydrogens (tertiary/aromatic N) is 1. The topological polar surface area (TPSA) is 348 Å². The van der Waals surface area contributed by atoms with Gasteiger partial charge in [-0.3, -0.25) is 28.8 Å². The zero-order valence-corrected chi connectivity index (χ0v) is 33.1. The maximum absolute atomic E-state index is 13.8. The molecule has 6 amide bonds. The summed E-state index contributed by atoms with van der Waals surface area (Å²) in [6, 6.07) is 5.76. The largest absolute Gasteiger partial charge is 0.480 e. The molecule has 3 rings (SSSR count). The number of carboxylic acid groups (broad SMARTS) is 1. The average molecular weight is 840 g/mol. The SMILES string of the molecule is C[C@@H](O)[C@H](N)C(=O)N[C@@H](Cc1cnc[nH]1)C(=O)N[C@@H](Cc1ccccc1)C(=O)N[C@@H](CO)C(=O)N[C@H](C(=O)N[C@@H](Cc1ccccc1)C(=O)N[C@H](C(=O)O)[C@@H](C)O)[C@@H](C)O. The molecule has 0 bridgehead atoms. The highest BCUT2D eigenvalue weighted by Crippen LogP contribution is 2.09. The number of carboxylic acids is 1. The number of benzene rings is 2. The molecule has 21 heteroatoms. The molecule has 0 aliphatic rings. The first kappa shape index (κ1) is 48.1. The fourth-order valence-electron chi connectivity index (χ4n) is 5.73. The molecule has 1 heterocycles. The van der Waals surface area contributed by atoms with Crippen molar-refractivity contribution in [3.8, 4) is 0 Å². The lowest BCUT2D eigenvalue weighted by atomic mass is 10.0. The Hall–Kier alpha value is -6.26. The molecule has 10 atom stereocenters. The molecule has 0 saturated carbocycles. The number of nitrogens with two attached hydrogens (primary N) is 1. The summed E-state index contributed by atoms with van der Waals surface area (Å²) < 4.78 is 0. The number of rotatable bonds is 23. The molecular weight excluding hydrogens is 786 g/mol. The van der Waals surface area contributed by atoms with Crippen LogP contribution in [0, 0.1) is 0 Å². The second-order valence-electron chi connectivity index (χ2n) is 14.1. The summed E-state index contributed by atoms with van der Waals surface area (Å²) in [7, 11) is 0. The van der Waals surface area contributed by atoms with Crippen molar-refractivity contribution in [2.75, 3.05) is 6.61 Å². The molecule has 2 aromatic carbocycles. The molecule has 60 heavy (non-hydrogen) atoms. The van der Waals surface area contributed by atoms with Crippen molar-refractivity contribution >= 4 is 41.4 Å². The molecule has 0 saturated heterocycles. The summed E-state index contributed by atoms with van der Waals surface area (Å²) in [6.45, 7) is 2.56. The predicted octanol–water partition coefficient (Wildman–Crippen LogP) is -4.11. The number of hydrogen-bond donors (Lipinski definition) is 13. The second kappa shape index (κ2) is 23.4. The molecule has 0 aliphatic heterocycles. The number of imidazole rings is 1. The second-order valence-corrected chi connectivity index (χ2v) is 14.1. The third-order valence-electron chi connectivity index (χ3n) is 9.19. The molecule has 21 nitrogen and oxygen atoms in total. The van der Waals surface area contributed by atoms with E-state index in [1.807, 2.05) is 0 Å². The van der Waals surface area contributed by atoms with E-state index in [0.717, 1.165) is 13.8 Å². The minimum absolute atomic E-state index is 0.136. The highest BCUT2D eigenvalue weighted by molar-refractivity contribution is 5.97. The Bertz CT molecular complexity index is 1880. The number of aliphatic hydroxyl groups is 4. The number of aliphatic carboxylic acids is 1. The number of hydrogen-bond acceptors (Lipinski definition) is 13. The van der Waals surface area contributed by atoms with Crippen molar-refractivity contribution in [1.29, 1.82) is 0 Å². The first-order chi connectivity index (χ1) is 28.4. The van der Waals surface area contributed by atoms with Crippen molar-refractivity contribution in [3.05, 3.63) is 90.0 Å². The van der Waals surface area contributed by atoms with Crippen molar-refractivity contribution in [1.82, 2.24) is 41.9 Å². The zero-order chi connectivity index (χ0) is 44.5. The molecule has 0 unspecified atom stereocenters. The lowest BCUT2D eigenvalue weighted by Gasteiger charge is -2.28. The highest BCUT2D eigenvalue weighted by Gasteiger charge is 2.36. The maximum Gasteiger partial charge on any atom is 0.328 e. The van der Waals surface area contributed by atoms with Crippen LogP contribution in [0.15, 0.2) is 73.2 Å². The number of carbonyl (C=O) groups is 7. The molecule has 0 fully saturated rings. The predicted molar refractivity (Wildman–Crippen MR) is 212 cm³/mol. The fourth-order valence-corrected chi connectivity index (χ4v) is 5.73. The van der Waals surface area contributed by atoms with Gasteiger partial charge < -0.3 is 68.2 Å². The summed E-state index contributed by atoms with van der Waals surface area (Å²) in [5.41, 5.74) is 7.31. The Balaban J connectivity index is 1.83. The lowest BCUT2D eigenvalue weighted by Crippen LogP contribution is -2.63. The standard InChI is InChI=1S/C39H53N9O12/c1-20(50)30(40)37(57)44-28(16-25-17-41-19-42-25)34(54)43-26(14-23-10-6-4-7-11-23)33(53)46-29(18-49)36(56)47-31(21(2)51)38(58)45-27(15-24-12-8-5-9-13-24)35(55)48-32(22(3)52)39(59)60/h4-13,17,19-22,26-32,49-52H,14-16,18,40H2,1-3H3,(H,41,42)(H,43,54)(H,44,57)(H,45,58)(H,46,53)(H,47,56)(H,48,55)(H,59,60)/t20-,21-,22-,26+,27+,28+,29+,30+,31+,32+/m1/s1. The Morgan fingerprint density at radius 3 is 1.43 bits per heavy atom. The van der Waals surface area contributed by atoms with Gasteiger partial charge in [0.1, 0.15) is 36.3 Å². The van der Waals surface area contributed by atoms with E-state index < -0.39 is 109 Å². The van der Waals surface area contributed by atoms with Gasteiger partial charge in [-0.25, -0.2) is 9.78 Å². The van der Waals surface area contributed by atoms with Crippen LogP contribution < -0.4 is 37.6 Å². The number of H-pyrrole nitrogens is 1. The Labute approximate surface area is 344 Å². The van der Waals surface area contributed by atoms with Crippen molar-refractivity contribution in [2.24, 2.45) is 5.73 Å². The third kappa shape index (κ3) is 14.8. The van der Waals surface area contributed by atoms with E-state index in [4.69, 9.17) is 5.73 Å². The van der Waals surface area contributed by atoms with Crippen LogP contribution in [0.3, 0.4) is 0 Å². The summed E-state index contributed by atoms with van der Waals surface area (Å²) in [6.07, 6.45) is -2.09. The van der Waals surface area contributed by atoms with Crippen LogP contribution >= 0.6 is 0 Å². The number of aromatic nitrogens is 2. The number of amides is 6. The van der Waals surface area contributed by atoms with Gasteiger partial charge in [-0.15, -0.1) is 0 Å². The van der Waals surface area contributed by atoms with Gasteiger partial charge in [0.25, 0.3) is 0 Å². The van der Waals surface area contributed by atoms with Gasteiger partial charge in [-0.05, 0) is 31.9 Å². The molecular formula is C39H53N9O12. The van der Waals surface area contributed by atoms with E-state index >= 15 is 0 Å². The normalized spacial score (nSPS) is 16.1. The fraction of sp³-hybridized carbons (Fsp3) is 0.436. The van der Waals surface area contributed by atoms with Gasteiger partial charge in [-0.1, -0.05) is 60.7 Å². The molecule has 0 spiro atoms. The van der Waals surface area contributed by atoms with Gasteiger partial charge in [0.15, 0.2) is 6.04 Å². The maximum atomic E-state index is 13.8. The number of nitrogens with one attached hydrogen (secondary N) is 7. The summed E-state index contributed by atoms with van der Waals surface area (Å²) >= 11 is 0. The first-order valence-corrected chi connectivity index (χ1v) is 18.9. The summed E-state index contributed by atoms with van der Waals surface area (Å²) in [5, 5.41) is 64.2. The summed E-state index contributed by atoms with van der Waals surface area (Å²) in [4.78, 5) is 99.2. The van der Waals surface area contributed by atoms with Gasteiger partial charge in [0, 0.05) is 31.2 Å². The third-order valence-corrected chi connectivity index (χ3v) is 9.19. The Kier molecular flexibility index (Phi) is 18.7. The minimum atomic E-state index is -1.79. The van der Waals surface area contributed by atoms with Crippen LogP contribution in [0.4, 0.5) is 0 Å². The Morgan fingerprint density at radius 1 is 0.583 bits per heavy atom. The number of carbonyl (C=O) groups excluding carboxylic acids is 6. The first-order valence-electron chi connectivity index (χ1n) is 18.9. The molecule has 1 aromatic heterocycles. The van der Waals surface area contributed by atoms with E-state index in [9.17, 15) is 59.1 Å².